The molecular formula is C18H27N3O5S. The first-order valence-corrected chi connectivity index (χ1v) is 10.6. The Balaban J connectivity index is 2.39. The Morgan fingerprint density at radius 1 is 1.19 bits per heavy atom. The third kappa shape index (κ3) is 4.98. The fraction of sp³-hybridized carbons (Fsp3) is 0.556. The molecule has 0 aromatic heterocycles. The van der Waals surface area contributed by atoms with Crippen molar-refractivity contribution in [2.45, 2.75) is 38.0 Å². The van der Waals surface area contributed by atoms with E-state index in [0.717, 1.165) is 25.9 Å². The number of nitrogens with one attached hydrogen (secondary N) is 1. The Kier molecular flexibility index (Phi) is 7.20. The van der Waals surface area contributed by atoms with Gasteiger partial charge in [0.05, 0.1) is 16.9 Å². The quantitative estimate of drug-likeness (QED) is 0.654. The van der Waals surface area contributed by atoms with Crippen LogP contribution in [0.3, 0.4) is 0 Å². The zero-order valence-electron chi connectivity index (χ0n) is 15.8. The van der Waals surface area contributed by atoms with Gasteiger partial charge in [-0.1, -0.05) is 13.8 Å². The normalized spacial score (nSPS) is 14.6. The Labute approximate surface area is 160 Å². The van der Waals surface area contributed by atoms with Crippen LogP contribution in [-0.4, -0.2) is 62.4 Å². The molecule has 27 heavy (non-hydrogen) atoms. The molecule has 0 aliphatic carbocycles. The molecule has 150 valence electrons. The van der Waals surface area contributed by atoms with Crippen molar-refractivity contribution in [1.29, 1.82) is 0 Å². The highest BCUT2D eigenvalue weighted by Gasteiger charge is 2.26. The predicted molar refractivity (Wildman–Crippen MR) is 103 cm³/mol. The molecular weight excluding hydrogens is 370 g/mol. The summed E-state index contributed by atoms with van der Waals surface area (Å²) >= 11 is 0. The minimum Gasteiger partial charge on any atom is -0.481 e. The number of carbonyl (C=O) groups excluding carboxylic acids is 1. The lowest BCUT2D eigenvalue weighted by molar-refractivity contribution is -0.136. The third-order valence-electron chi connectivity index (χ3n) is 4.63. The number of hydrogen-bond acceptors (Lipinski definition) is 5. The van der Waals surface area contributed by atoms with Gasteiger partial charge >= 0.3 is 5.97 Å². The average Bonchev–Trinajstić information content (AvgIpc) is 3.16. The number of amides is 1. The van der Waals surface area contributed by atoms with Crippen LogP contribution in [0.25, 0.3) is 0 Å². The zero-order valence-corrected chi connectivity index (χ0v) is 16.6. The first-order valence-electron chi connectivity index (χ1n) is 9.20. The van der Waals surface area contributed by atoms with Crippen molar-refractivity contribution in [2.24, 2.45) is 0 Å². The summed E-state index contributed by atoms with van der Waals surface area (Å²) in [4.78, 5) is 25.5. The lowest BCUT2D eigenvalue weighted by Gasteiger charge is -2.23. The minimum absolute atomic E-state index is 0.0133. The van der Waals surface area contributed by atoms with Crippen LogP contribution in [0.5, 0.6) is 0 Å². The maximum atomic E-state index is 12.8. The molecule has 1 aromatic rings. The van der Waals surface area contributed by atoms with Crippen molar-refractivity contribution in [3.05, 3.63) is 23.8 Å². The Morgan fingerprint density at radius 3 is 2.37 bits per heavy atom. The predicted octanol–water partition coefficient (Wildman–Crippen LogP) is 1.52. The molecule has 0 atom stereocenters. The Morgan fingerprint density at radius 2 is 1.81 bits per heavy atom. The van der Waals surface area contributed by atoms with Gasteiger partial charge in [-0.15, -0.1) is 0 Å². The number of sulfonamides is 1. The summed E-state index contributed by atoms with van der Waals surface area (Å²) in [7, 11) is -3.69. The van der Waals surface area contributed by atoms with Crippen LogP contribution in [-0.2, 0) is 14.8 Å². The average molecular weight is 397 g/mol. The van der Waals surface area contributed by atoms with Gasteiger partial charge in [-0.25, -0.2) is 8.42 Å². The maximum Gasteiger partial charge on any atom is 0.305 e. The number of carboxylic acid groups (broad SMARTS) is 1. The summed E-state index contributed by atoms with van der Waals surface area (Å²) < 4.78 is 27.0. The number of hydrogen-bond donors (Lipinski definition) is 2. The second-order valence-corrected chi connectivity index (χ2v) is 8.30. The zero-order chi connectivity index (χ0) is 20.0. The number of anilines is 1. The summed E-state index contributed by atoms with van der Waals surface area (Å²) in [5.41, 5.74) is 0.939. The SMILES string of the molecule is CCN(CC)S(=O)(=O)c1ccc(N2CCCC2)c(C(=O)NCCC(=O)O)c1. The van der Waals surface area contributed by atoms with Gasteiger partial charge in [-0.3, -0.25) is 9.59 Å². The van der Waals surface area contributed by atoms with Crippen LogP contribution in [0.2, 0.25) is 0 Å². The number of carbonyl (C=O) groups is 2. The summed E-state index contributed by atoms with van der Waals surface area (Å²) in [6, 6.07) is 4.61. The van der Waals surface area contributed by atoms with Crippen LogP contribution in [0.1, 0.15) is 43.5 Å². The standard InChI is InChI=1S/C18H27N3O5S/c1-3-21(4-2)27(25,26)14-7-8-16(20-11-5-6-12-20)15(13-14)18(24)19-10-9-17(22)23/h7-8,13H,3-6,9-12H2,1-2H3,(H,19,24)(H,22,23). The molecule has 1 heterocycles. The molecule has 1 fully saturated rings. The molecule has 1 amide bonds. The molecule has 9 heteroatoms. The van der Waals surface area contributed by atoms with Crippen LogP contribution in [0, 0.1) is 0 Å². The molecule has 0 radical (unpaired) electrons. The molecule has 2 N–H and O–H groups in total. The summed E-state index contributed by atoms with van der Waals surface area (Å²) in [6.07, 6.45) is 1.83. The third-order valence-corrected chi connectivity index (χ3v) is 6.67. The number of nitrogens with zero attached hydrogens (tertiary/aromatic N) is 2. The van der Waals surface area contributed by atoms with E-state index in [1.165, 1.54) is 16.4 Å². The molecule has 2 rings (SSSR count). The van der Waals surface area contributed by atoms with Gasteiger partial charge in [-0.2, -0.15) is 4.31 Å². The summed E-state index contributed by atoms with van der Waals surface area (Å²) in [6.45, 7) is 5.80. The van der Waals surface area contributed by atoms with Gasteiger partial charge in [0.25, 0.3) is 5.91 Å². The smallest absolute Gasteiger partial charge is 0.305 e. The second-order valence-electron chi connectivity index (χ2n) is 6.36. The van der Waals surface area contributed by atoms with E-state index < -0.39 is 21.9 Å². The van der Waals surface area contributed by atoms with Crippen molar-refractivity contribution >= 4 is 27.6 Å². The van der Waals surface area contributed by atoms with E-state index in [1.807, 2.05) is 0 Å². The van der Waals surface area contributed by atoms with E-state index in [1.54, 1.807) is 19.9 Å². The summed E-state index contributed by atoms with van der Waals surface area (Å²) in [5.74, 6) is -1.47. The van der Waals surface area contributed by atoms with E-state index in [9.17, 15) is 18.0 Å². The largest absolute Gasteiger partial charge is 0.481 e. The van der Waals surface area contributed by atoms with Gasteiger partial charge < -0.3 is 15.3 Å². The van der Waals surface area contributed by atoms with Gasteiger partial charge in [0.15, 0.2) is 0 Å². The second kappa shape index (κ2) is 9.18. The fourth-order valence-electron chi connectivity index (χ4n) is 3.18. The highest BCUT2D eigenvalue weighted by molar-refractivity contribution is 7.89. The van der Waals surface area contributed by atoms with Gasteiger partial charge in [0, 0.05) is 38.4 Å². The molecule has 0 bridgehead atoms. The van der Waals surface area contributed by atoms with Crippen LogP contribution in [0.15, 0.2) is 23.1 Å². The van der Waals surface area contributed by atoms with Crippen LogP contribution in [0.4, 0.5) is 5.69 Å². The van der Waals surface area contributed by atoms with Crippen LogP contribution < -0.4 is 10.2 Å². The van der Waals surface area contributed by atoms with Crippen molar-refractivity contribution in [3.63, 3.8) is 0 Å². The molecule has 0 saturated carbocycles. The van der Waals surface area contributed by atoms with E-state index in [-0.39, 0.29) is 23.4 Å². The molecule has 8 nitrogen and oxygen atoms in total. The first kappa shape index (κ1) is 21.2. The molecule has 0 unspecified atom stereocenters. The monoisotopic (exact) mass is 397 g/mol. The van der Waals surface area contributed by atoms with E-state index >= 15 is 0 Å². The van der Waals surface area contributed by atoms with Gasteiger partial charge in [-0.05, 0) is 31.0 Å². The Bertz CT molecular complexity index is 784. The number of carboxylic acids is 1. The molecule has 0 spiro atoms. The highest BCUT2D eigenvalue weighted by atomic mass is 32.2. The van der Waals surface area contributed by atoms with Gasteiger partial charge in [0.2, 0.25) is 10.0 Å². The number of benzene rings is 1. The highest BCUT2D eigenvalue weighted by Crippen LogP contribution is 2.28. The lowest BCUT2D eigenvalue weighted by Crippen LogP contribution is -2.32. The topological polar surface area (TPSA) is 107 Å². The Hall–Kier alpha value is -2.13. The number of aliphatic carboxylic acids is 1. The lowest BCUT2D eigenvalue weighted by atomic mass is 10.1. The first-order chi connectivity index (χ1) is 12.8. The van der Waals surface area contributed by atoms with E-state index in [4.69, 9.17) is 5.11 Å². The molecule has 1 aliphatic heterocycles. The van der Waals surface area contributed by atoms with Crippen molar-refractivity contribution in [1.82, 2.24) is 9.62 Å². The maximum absolute atomic E-state index is 12.8. The molecule has 1 aliphatic rings. The molecule has 1 saturated heterocycles. The van der Waals surface area contributed by atoms with Gasteiger partial charge in [0.1, 0.15) is 0 Å². The minimum atomic E-state index is -3.69. The van der Waals surface area contributed by atoms with Crippen molar-refractivity contribution in [3.8, 4) is 0 Å². The van der Waals surface area contributed by atoms with E-state index in [0.29, 0.717) is 18.8 Å². The summed E-state index contributed by atoms with van der Waals surface area (Å²) in [5, 5.41) is 11.3. The van der Waals surface area contributed by atoms with Crippen molar-refractivity contribution < 1.29 is 23.1 Å². The van der Waals surface area contributed by atoms with Crippen molar-refractivity contribution in [2.75, 3.05) is 37.6 Å². The molecule has 1 aromatic carbocycles. The number of rotatable bonds is 9. The van der Waals surface area contributed by atoms with E-state index in [2.05, 4.69) is 10.2 Å². The van der Waals surface area contributed by atoms with Crippen LogP contribution >= 0.6 is 0 Å². The fourth-order valence-corrected chi connectivity index (χ4v) is 4.67.